The zero-order valence-electron chi connectivity index (χ0n) is 9.03. The van der Waals surface area contributed by atoms with Gasteiger partial charge in [0.25, 0.3) is 0 Å². The molecule has 0 radical (unpaired) electrons. The van der Waals surface area contributed by atoms with E-state index in [1.54, 1.807) is 6.92 Å². The van der Waals surface area contributed by atoms with Crippen LogP contribution in [0.4, 0.5) is 10.1 Å². The van der Waals surface area contributed by atoms with Crippen LogP contribution in [0.3, 0.4) is 0 Å². The molecule has 0 unspecified atom stereocenters. The predicted molar refractivity (Wildman–Crippen MR) is 59.9 cm³/mol. The average molecular weight is 261 g/mol. The molecule has 0 saturated heterocycles. The molecule has 0 spiro atoms. The van der Waals surface area contributed by atoms with Gasteiger partial charge in [0.2, 0.25) is 15.9 Å². The van der Waals surface area contributed by atoms with Crippen molar-refractivity contribution in [3.63, 3.8) is 0 Å². The van der Waals surface area contributed by atoms with Crippen molar-refractivity contribution < 1.29 is 17.6 Å². The maximum Gasteiger partial charge on any atom is 0.244 e. The molecule has 17 heavy (non-hydrogen) atoms. The number of nitrogens with two attached hydrogens (primary N) is 2. The zero-order chi connectivity index (χ0) is 13.2. The Balaban J connectivity index is 3.15. The van der Waals surface area contributed by atoms with E-state index < -0.39 is 33.2 Å². The molecule has 1 rings (SSSR count). The number of nitrogen functional groups attached to an aromatic ring is 1. The number of amides is 1. The second-order valence-electron chi connectivity index (χ2n) is 3.43. The van der Waals surface area contributed by atoms with Crippen molar-refractivity contribution in [1.29, 1.82) is 0 Å². The molecule has 1 aromatic carbocycles. The van der Waals surface area contributed by atoms with Gasteiger partial charge in [-0.25, -0.2) is 17.5 Å². The van der Waals surface area contributed by atoms with Crippen LogP contribution in [0.1, 0.15) is 5.56 Å². The lowest BCUT2D eigenvalue weighted by molar-refractivity contribution is -0.116. The van der Waals surface area contributed by atoms with E-state index in [4.69, 9.17) is 11.5 Å². The Kier molecular flexibility index (Phi) is 3.69. The second kappa shape index (κ2) is 4.68. The largest absolute Gasteiger partial charge is 0.398 e. The molecule has 0 fully saturated rings. The van der Waals surface area contributed by atoms with E-state index in [9.17, 15) is 17.6 Å². The molecule has 94 valence electrons. The highest BCUT2D eigenvalue weighted by Crippen LogP contribution is 2.21. The van der Waals surface area contributed by atoms with Gasteiger partial charge in [0.15, 0.2) is 0 Å². The van der Waals surface area contributed by atoms with Gasteiger partial charge in [0, 0.05) is 5.69 Å². The lowest BCUT2D eigenvalue weighted by Crippen LogP contribution is -2.33. The second-order valence-corrected chi connectivity index (χ2v) is 5.17. The summed E-state index contributed by atoms with van der Waals surface area (Å²) in [4.78, 5) is 9.85. The molecule has 1 amide bonds. The molecular formula is C9H12FN3O3S. The summed E-state index contributed by atoms with van der Waals surface area (Å²) in [5.41, 5.74) is 10.8. The maximum absolute atomic E-state index is 13.5. The van der Waals surface area contributed by atoms with Gasteiger partial charge >= 0.3 is 0 Å². The fourth-order valence-electron chi connectivity index (χ4n) is 1.12. The Morgan fingerprint density at radius 1 is 1.47 bits per heavy atom. The van der Waals surface area contributed by atoms with Gasteiger partial charge in [-0.05, 0) is 24.6 Å². The summed E-state index contributed by atoms with van der Waals surface area (Å²) >= 11 is 0. The number of nitrogens with one attached hydrogen (secondary N) is 1. The summed E-state index contributed by atoms with van der Waals surface area (Å²) in [6.45, 7) is 0.946. The van der Waals surface area contributed by atoms with Crippen LogP contribution in [-0.2, 0) is 14.8 Å². The number of benzene rings is 1. The summed E-state index contributed by atoms with van der Waals surface area (Å²) in [5.74, 6) is -1.80. The number of aryl methyl sites for hydroxylation is 1. The van der Waals surface area contributed by atoms with Crippen molar-refractivity contribution in [3.8, 4) is 0 Å². The van der Waals surface area contributed by atoms with E-state index in [0.717, 1.165) is 12.1 Å². The highest BCUT2D eigenvalue weighted by atomic mass is 32.2. The van der Waals surface area contributed by atoms with E-state index in [1.807, 2.05) is 4.72 Å². The lowest BCUT2D eigenvalue weighted by atomic mass is 10.2. The Hall–Kier alpha value is -1.67. The predicted octanol–water partition coefficient (Wildman–Crippen LogP) is -0.520. The SMILES string of the molecule is Cc1cc(F)c(S(=O)(=O)NCC(N)=O)cc1N. The molecule has 0 heterocycles. The topological polar surface area (TPSA) is 115 Å². The van der Waals surface area contributed by atoms with E-state index in [2.05, 4.69) is 0 Å². The fourth-order valence-corrected chi connectivity index (χ4v) is 2.20. The summed E-state index contributed by atoms with van der Waals surface area (Å²) < 4.78 is 38.5. The normalized spacial score (nSPS) is 11.4. The third-order valence-corrected chi connectivity index (χ3v) is 3.46. The fraction of sp³-hybridized carbons (Fsp3) is 0.222. The Bertz CT molecular complexity index is 557. The molecule has 1 aromatic rings. The number of carbonyl (C=O) groups excluding carboxylic acids is 1. The lowest BCUT2D eigenvalue weighted by Gasteiger charge is -2.08. The van der Waals surface area contributed by atoms with Gasteiger partial charge in [0.1, 0.15) is 10.7 Å². The number of hydrogen-bond donors (Lipinski definition) is 3. The van der Waals surface area contributed by atoms with Crippen molar-refractivity contribution >= 4 is 21.6 Å². The minimum absolute atomic E-state index is 0.144. The van der Waals surface area contributed by atoms with Crippen LogP contribution in [-0.4, -0.2) is 20.9 Å². The highest BCUT2D eigenvalue weighted by molar-refractivity contribution is 7.89. The maximum atomic E-state index is 13.5. The first-order valence-corrected chi connectivity index (χ1v) is 6.06. The zero-order valence-corrected chi connectivity index (χ0v) is 9.84. The Labute approximate surface area is 97.8 Å². The number of hydrogen-bond acceptors (Lipinski definition) is 4. The average Bonchev–Trinajstić information content (AvgIpc) is 2.20. The van der Waals surface area contributed by atoms with E-state index >= 15 is 0 Å². The van der Waals surface area contributed by atoms with Gasteiger partial charge in [-0.15, -0.1) is 0 Å². The third kappa shape index (κ3) is 3.14. The molecule has 0 aliphatic rings. The molecule has 0 aromatic heterocycles. The highest BCUT2D eigenvalue weighted by Gasteiger charge is 2.20. The number of carbonyl (C=O) groups is 1. The van der Waals surface area contributed by atoms with Crippen LogP contribution in [0.25, 0.3) is 0 Å². The molecular weight excluding hydrogens is 249 g/mol. The van der Waals surface area contributed by atoms with Crippen molar-refractivity contribution in [2.45, 2.75) is 11.8 Å². The molecule has 6 nitrogen and oxygen atoms in total. The van der Waals surface area contributed by atoms with Crippen molar-refractivity contribution in [2.24, 2.45) is 5.73 Å². The summed E-state index contributed by atoms with van der Waals surface area (Å²) in [6, 6.07) is 2.00. The van der Waals surface area contributed by atoms with Gasteiger partial charge in [0.05, 0.1) is 6.54 Å². The van der Waals surface area contributed by atoms with Gasteiger partial charge < -0.3 is 11.5 Å². The van der Waals surface area contributed by atoms with E-state index in [1.165, 1.54) is 0 Å². The van der Waals surface area contributed by atoms with Gasteiger partial charge in [-0.3, -0.25) is 4.79 Å². The van der Waals surface area contributed by atoms with Crippen LogP contribution in [0.15, 0.2) is 17.0 Å². The molecule has 0 aliphatic heterocycles. The quantitative estimate of drug-likeness (QED) is 0.632. The monoisotopic (exact) mass is 261 g/mol. The minimum atomic E-state index is -4.13. The first-order chi connectivity index (χ1) is 7.74. The van der Waals surface area contributed by atoms with E-state index in [-0.39, 0.29) is 5.69 Å². The number of halogens is 1. The molecule has 0 saturated carbocycles. The molecule has 5 N–H and O–H groups in total. The van der Waals surface area contributed by atoms with E-state index in [0.29, 0.717) is 5.56 Å². The standard InChI is InChI=1S/C9H12FN3O3S/c1-5-2-6(10)8(3-7(5)11)17(15,16)13-4-9(12)14/h2-3,13H,4,11H2,1H3,(H2,12,14). The third-order valence-electron chi connectivity index (χ3n) is 2.05. The van der Waals surface area contributed by atoms with Crippen molar-refractivity contribution in [1.82, 2.24) is 4.72 Å². The van der Waals surface area contributed by atoms with Crippen LogP contribution in [0.5, 0.6) is 0 Å². The van der Waals surface area contributed by atoms with Gasteiger partial charge in [-0.1, -0.05) is 0 Å². The molecule has 0 atom stereocenters. The number of anilines is 1. The summed E-state index contributed by atoms with van der Waals surface area (Å²) in [5, 5.41) is 0. The number of rotatable bonds is 4. The first kappa shape index (κ1) is 13.4. The van der Waals surface area contributed by atoms with Crippen LogP contribution in [0, 0.1) is 12.7 Å². The molecule has 8 heteroatoms. The molecule has 0 bridgehead atoms. The first-order valence-electron chi connectivity index (χ1n) is 4.57. The number of primary amides is 1. The van der Waals surface area contributed by atoms with Crippen LogP contribution < -0.4 is 16.2 Å². The Morgan fingerprint density at radius 2 is 2.06 bits per heavy atom. The summed E-state index contributed by atoms with van der Waals surface area (Å²) in [6.07, 6.45) is 0. The minimum Gasteiger partial charge on any atom is -0.398 e. The Morgan fingerprint density at radius 3 is 2.59 bits per heavy atom. The van der Waals surface area contributed by atoms with Crippen molar-refractivity contribution in [3.05, 3.63) is 23.5 Å². The smallest absolute Gasteiger partial charge is 0.244 e. The van der Waals surface area contributed by atoms with Crippen molar-refractivity contribution in [2.75, 3.05) is 12.3 Å². The summed E-state index contributed by atoms with van der Waals surface area (Å²) in [7, 11) is -4.13. The van der Waals surface area contributed by atoms with Crippen LogP contribution >= 0.6 is 0 Å². The molecule has 0 aliphatic carbocycles. The number of sulfonamides is 1. The van der Waals surface area contributed by atoms with Crippen LogP contribution in [0.2, 0.25) is 0 Å². The van der Waals surface area contributed by atoms with Gasteiger partial charge in [-0.2, -0.15) is 0 Å².